The molecular weight excluding hydrogens is 206 g/mol. The average Bonchev–Trinajstić information content (AvgIpc) is 2.81. The second kappa shape index (κ2) is 5.44. The summed E-state index contributed by atoms with van der Waals surface area (Å²) in [6.07, 6.45) is 10.00. The van der Waals surface area contributed by atoms with Crippen LogP contribution in [-0.2, 0) is 10.8 Å². The summed E-state index contributed by atoms with van der Waals surface area (Å²) in [6.45, 7) is 0. The fourth-order valence-electron chi connectivity index (χ4n) is 3.07. The first-order chi connectivity index (χ1) is 7.33. The Morgan fingerprint density at radius 3 is 2.27 bits per heavy atom. The Morgan fingerprint density at radius 2 is 1.60 bits per heavy atom. The lowest BCUT2D eigenvalue weighted by atomic mass is 9.95. The normalized spacial score (nSPS) is 35.5. The van der Waals surface area contributed by atoms with Crippen LogP contribution in [0.5, 0.6) is 0 Å². The average molecular weight is 229 g/mol. The maximum Gasteiger partial charge on any atom is 0.0503 e. The standard InChI is InChI=1S/C12H23NOS/c1-13-11-8-4-5-9-12(11)15(14)10-6-2-3-7-10/h10-13H,2-9H2,1H3. The van der Waals surface area contributed by atoms with Gasteiger partial charge in [0.05, 0.1) is 5.25 Å². The largest absolute Gasteiger partial charge is 0.316 e. The van der Waals surface area contributed by atoms with Gasteiger partial charge in [-0.1, -0.05) is 25.7 Å². The summed E-state index contributed by atoms with van der Waals surface area (Å²) in [6, 6.07) is 0.514. The van der Waals surface area contributed by atoms with Crippen molar-refractivity contribution in [3.63, 3.8) is 0 Å². The summed E-state index contributed by atoms with van der Waals surface area (Å²) in [5, 5.41) is 4.32. The highest BCUT2D eigenvalue weighted by Crippen LogP contribution is 2.30. The molecule has 0 aromatic carbocycles. The van der Waals surface area contributed by atoms with Gasteiger partial charge in [-0.2, -0.15) is 0 Å². The van der Waals surface area contributed by atoms with Gasteiger partial charge in [0.2, 0.25) is 0 Å². The van der Waals surface area contributed by atoms with E-state index in [1.807, 2.05) is 7.05 Å². The fourth-order valence-corrected chi connectivity index (χ4v) is 5.36. The van der Waals surface area contributed by atoms with Gasteiger partial charge in [-0.15, -0.1) is 0 Å². The lowest BCUT2D eigenvalue weighted by Gasteiger charge is -2.32. The third-order valence-corrected chi connectivity index (χ3v) is 6.29. The summed E-state index contributed by atoms with van der Waals surface area (Å²) in [5.41, 5.74) is 0. The Labute approximate surface area is 95.7 Å². The molecular formula is C12H23NOS. The quantitative estimate of drug-likeness (QED) is 0.804. The van der Waals surface area contributed by atoms with E-state index in [9.17, 15) is 4.21 Å². The SMILES string of the molecule is CNC1CCCCC1S(=O)C1CCCC1. The zero-order valence-electron chi connectivity index (χ0n) is 9.71. The second-order valence-electron chi connectivity index (χ2n) is 4.95. The van der Waals surface area contributed by atoms with E-state index in [1.54, 1.807) is 0 Å². The predicted molar refractivity (Wildman–Crippen MR) is 65.5 cm³/mol. The van der Waals surface area contributed by atoms with Crippen LogP contribution in [0.1, 0.15) is 51.4 Å². The molecule has 0 radical (unpaired) electrons. The van der Waals surface area contributed by atoms with Gasteiger partial charge in [0, 0.05) is 22.1 Å². The smallest absolute Gasteiger partial charge is 0.0503 e. The van der Waals surface area contributed by atoms with Crippen LogP contribution in [0.2, 0.25) is 0 Å². The molecule has 0 aliphatic heterocycles. The van der Waals surface area contributed by atoms with Crippen molar-refractivity contribution in [3.8, 4) is 0 Å². The zero-order valence-corrected chi connectivity index (χ0v) is 10.5. The molecule has 3 heteroatoms. The summed E-state index contributed by atoms with van der Waals surface area (Å²) in [4.78, 5) is 0. The van der Waals surface area contributed by atoms with Crippen molar-refractivity contribution in [2.75, 3.05) is 7.05 Å². The van der Waals surface area contributed by atoms with E-state index >= 15 is 0 Å². The van der Waals surface area contributed by atoms with Gasteiger partial charge in [-0.25, -0.2) is 0 Å². The zero-order chi connectivity index (χ0) is 10.7. The molecule has 2 fully saturated rings. The molecule has 2 rings (SSSR count). The molecule has 2 nitrogen and oxygen atoms in total. The molecule has 0 bridgehead atoms. The first-order valence-corrected chi connectivity index (χ1v) is 7.67. The summed E-state index contributed by atoms with van der Waals surface area (Å²) in [7, 11) is 1.45. The molecule has 1 N–H and O–H groups in total. The molecule has 0 aromatic heterocycles. The lowest BCUT2D eigenvalue weighted by molar-refractivity contribution is 0.397. The Balaban J connectivity index is 1.96. The van der Waals surface area contributed by atoms with Gasteiger partial charge >= 0.3 is 0 Å². The fraction of sp³-hybridized carbons (Fsp3) is 1.00. The molecule has 3 unspecified atom stereocenters. The lowest BCUT2D eigenvalue weighted by Crippen LogP contribution is -2.44. The topological polar surface area (TPSA) is 29.1 Å². The van der Waals surface area contributed by atoms with Crippen molar-refractivity contribution in [1.82, 2.24) is 5.32 Å². The van der Waals surface area contributed by atoms with Crippen molar-refractivity contribution in [1.29, 1.82) is 0 Å². The highest BCUT2D eigenvalue weighted by Gasteiger charge is 2.33. The number of hydrogen-bond donors (Lipinski definition) is 1. The van der Waals surface area contributed by atoms with Crippen molar-refractivity contribution in [2.24, 2.45) is 0 Å². The van der Waals surface area contributed by atoms with Crippen molar-refractivity contribution >= 4 is 10.8 Å². The minimum absolute atomic E-state index is 0.437. The maximum absolute atomic E-state index is 12.4. The second-order valence-corrected chi connectivity index (χ2v) is 6.88. The van der Waals surface area contributed by atoms with Gasteiger partial charge in [0.1, 0.15) is 0 Å². The van der Waals surface area contributed by atoms with Crippen molar-refractivity contribution in [2.45, 2.75) is 67.9 Å². The maximum atomic E-state index is 12.4. The highest BCUT2D eigenvalue weighted by molar-refractivity contribution is 7.86. The molecule has 88 valence electrons. The third-order valence-electron chi connectivity index (χ3n) is 4.00. The minimum Gasteiger partial charge on any atom is -0.316 e. The minimum atomic E-state index is -0.574. The molecule has 0 saturated heterocycles. The van der Waals surface area contributed by atoms with E-state index in [4.69, 9.17) is 0 Å². The van der Waals surface area contributed by atoms with Crippen LogP contribution >= 0.6 is 0 Å². The van der Waals surface area contributed by atoms with Gasteiger partial charge < -0.3 is 5.32 Å². The van der Waals surface area contributed by atoms with E-state index in [0.717, 1.165) is 0 Å². The Kier molecular flexibility index (Phi) is 4.21. The van der Waals surface area contributed by atoms with E-state index < -0.39 is 10.8 Å². The first-order valence-electron chi connectivity index (χ1n) is 6.39. The van der Waals surface area contributed by atoms with Gasteiger partial charge in [-0.05, 0) is 32.7 Å². The monoisotopic (exact) mass is 229 g/mol. The molecule has 2 aliphatic rings. The van der Waals surface area contributed by atoms with Crippen LogP contribution in [-0.4, -0.2) is 27.8 Å². The highest BCUT2D eigenvalue weighted by atomic mass is 32.2. The van der Waals surface area contributed by atoms with E-state index in [0.29, 0.717) is 16.5 Å². The molecule has 2 aliphatic carbocycles. The molecule has 15 heavy (non-hydrogen) atoms. The van der Waals surface area contributed by atoms with Crippen LogP contribution in [0.15, 0.2) is 0 Å². The van der Waals surface area contributed by atoms with E-state index in [2.05, 4.69) is 5.32 Å². The van der Waals surface area contributed by atoms with Crippen LogP contribution < -0.4 is 5.32 Å². The third kappa shape index (κ3) is 2.62. The van der Waals surface area contributed by atoms with Crippen LogP contribution in [0.4, 0.5) is 0 Å². The number of rotatable bonds is 3. The molecule has 0 spiro atoms. The van der Waals surface area contributed by atoms with Crippen LogP contribution in [0.3, 0.4) is 0 Å². The van der Waals surface area contributed by atoms with Gasteiger partial charge in [-0.3, -0.25) is 4.21 Å². The number of hydrogen-bond acceptors (Lipinski definition) is 2. The Bertz CT molecular complexity index is 226. The molecule has 0 heterocycles. The summed E-state index contributed by atoms with van der Waals surface area (Å²) < 4.78 is 12.4. The first kappa shape index (κ1) is 11.6. The molecule has 0 aromatic rings. The molecule has 0 amide bonds. The van der Waals surface area contributed by atoms with E-state index in [-0.39, 0.29) is 0 Å². The summed E-state index contributed by atoms with van der Waals surface area (Å²) in [5.74, 6) is 0. The van der Waals surface area contributed by atoms with Crippen molar-refractivity contribution < 1.29 is 4.21 Å². The Hall–Kier alpha value is 0.110. The summed E-state index contributed by atoms with van der Waals surface area (Å²) >= 11 is 0. The molecule has 3 atom stereocenters. The van der Waals surface area contributed by atoms with Gasteiger partial charge in [0.25, 0.3) is 0 Å². The van der Waals surface area contributed by atoms with E-state index in [1.165, 1.54) is 51.4 Å². The van der Waals surface area contributed by atoms with Crippen LogP contribution in [0, 0.1) is 0 Å². The number of nitrogens with one attached hydrogen (secondary N) is 1. The van der Waals surface area contributed by atoms with Crippen LogP contribution in [0.25, 0.3) is 0 Å². The predicted octanol–water partition coefficient (Wildman–Crippen LogP) is 2.21. The van der Waals surface area contributed by atoms with Crippen molar-refractivity contribution in [3.05, 3.63) is 0 Å². The molecule has 2 saturated carbocycles. The Morgan fingerprint density at radius 1 is 1.00 bits per heavy atom. The van der Waals surface area contributed by atoms with Gasteiger partial charge in [0.15, 0.2) is 0 Å².